The summed E-state index contributed by atoms with van der Waals surface area (Å²) in [6.45, 7) is 9.66. The first-order valence-corrected chi connectivity index (χ1v) is 6.96. The number of hydrogen-bond acceptors (Lipinski definition) is 3. The normalized spacial score (nSPS) is 12.2. The van der Waals surface area contributed by atoms with Gasteiger partial charge < -0.3 is 4.18 Å². The zero-order chi connectivity index (χ0) is 13.1. The maximum absolute atomic E-state index is 11.4. The Morgan fingerprint density at radius 3 is 2.18 bits per heavy atom. The molecule has 0 unspecified atom stereocenters. The molecule has 94 valence electrons. The van der Waals surface area contributed by atoms with Crippen LogP contribution in [0.15, 0.2) is 36.9 Å². The molecule has 17 heavy (non-hydrogen) atoms. The highest BCUT2D eigenvalue weighted by molar-refractivity contribution is 7.87. The molecule has 0 atom stereocenters. The maximum atomic E-state index is 11.4. The molecule has 0 spiro atoms. The van der Waals surface area contributed by atoms with Gasteiger partial charge in [0.15, 0.2) is 0 Å². The fraction of sp³-hybridized carbons (Fsp3) is 0.385. The Kier molecular flexibility index (Phi) is 3.98. The van der Waals surface area contributed by atoms with E-state index >= 15 is 0 Å². The molecule has 0 fully saturated rings. The molecule has 0 aliphatic carbocycles. The predicted molar refractivity (Wildman–Crippen MR) is 69.8 cm³/mol. The summed E-state index contributed by atoms with van der Waals surface area (Å²) in [5, 5.41) is 0. The summed E-state index contributed by atoms with van der Waals surface area (Å²) >= 11 is 0. The Morgan fingerprint density at radius 1 is 1.24 bits per heavy atom. The molecule has 3 nitrogen and oxygen atoms in total. The molecule has 1 rings (SSSR count). The molecule has 0 radical (unpaired) electrons. The van der Waals surface area contributed by atoms with E-state index < -0.39 is 10.1 Å². The van der Waals surface area contributed by atoms with Crippen molar-refractivity contribution in [3.63, 3.8) is 0 Å². The Morgan fingerprint density at radius 2 is 1.76 bits per heavy atom. The molecular formula is C13H18O3S. The van der Waals surface area contributed by atoms with Gasteiger partial charge in [-0.25, -0.2) is 0 Å². The largest absolute Gasteiger partial charge is 0.382 e. The third-order valence-electron chi connectivity index (χ3n) is 2.27. The summed E-state index contributed by atoms with van der Waals surface area (Å²) in [4.78, 5) is 0. The van der Waals surface area contributed by atoms with Gasteiger partial charge in [-0.2, -0.15) is 8.42 Å². The Bertz CT molecular complexity index is 478. The van der Waals surface area contributed by atoms with E-state index in [-0.39, 0.29) is 11.2 Å². The van der Waals surface area contributed by atoms with Crippen molar-refractivity contribution in [2.75, 3.05) is 5.75 Å². The highest BCUT2D eigenvalue weighted by Gasteiger charge is 2.14. The Balaban J connectivity index is 2.86. The third-order valence-corrected chi connectivity index (χ3v) is 3.36. The van der Waals surface area contributed by atoms with Crippen LogP contribution in [-0.2, 0) is 15.5 Å². The highest BCUT2D eigenvalue weighted by Crippen LogP contribution is 2.24. The fourth-order valence-electron chi connectivity index (χ4n) is 1.34. The molecular weight excluding hydrogens is 236 g/mol. The van der Waals surface area contributed by atoms with Crippen LogP contribution in [0.3, 0.4) is 0 Å². The number of hydrogen-bond donors (Lipinski definition) is 0. The van der Waals surface area contributed by atoms with Gasteiger partial charge in [-0.15, -0.1) is 6.58 Å². The number of benzene rings is 1. The smallest absolute Gasteiger partial charge is 0.312 e. The van der Waals surface area contributed by atoms with Crippen molar-refractivity contribution in [3.05, 3.63) is 42.5 Å². The van der Waals surface area contributed by atoms with E-state index in [0.717, 1.165) is 5.56 Å². The van der Waals surface area contributed by atoms with Crippen LogP contribution in [0.4, 0.5) is 0 Å². The quantitative estimate of drug-likeness (QED) is 0.613. The molecule has 0 aliphatic rings. The summed E-state index contributed by atoms with van der Waals surface area (Å²) in [6.07, 6.45) is 1.30. The van der Waals surface area contributed by atoms with Crippen molar-refractivity contribution in [3.8, 4) is 5.75 Å². The van der Waals surface area contributed by atoms with Crippen LogP contribution in [0.2, 0.25) is 0 Å². The Labute approximate surface area is 103 Å². The highest BCUT2D eigenvalue weighted by atomic mass is 32.2. The lowest BCUT2D eigenvalue weighted by molar-refractivity contribution is 0.489. The van der Waals surface area contributed by atoms with Gasteiger partial charge in [0.2, 0.25) is 0 Å². The summed E-state index contributed by atoms with van der Waals surface area (Å²) in [6, 6.07) is 7.08. The van der Waals surface area contributed by atoms with E-state index in [0.29, 0.717) is 5.75 Å². The molecule has 1 aromatic rings. The molecule has 0 aliphatic heterocycles. The fourth-order valence-corrected chi connectivity index (χ4v) is 2.10. The second kappa shape index (κ2) is 4.92. The lowest BCUT2D eigenvalue weighted by atomic mass is 9.87. The van der Waals surface area contributed by atoms with Gasteiger partial charge in [-0.3, -0.25) is 0 Å². The van der Waals surface area contributed by atoms with Crippen LogP contribution in [0.1, 0.15) is 26.3 Å². The van der Waals surface area contributed by atoms with Crippen molar-refractivity contribution in [1.82, 2.24) is 0 Å². The molecule has 4 heteroatoms. The van der Waals surface area contributed by atoms with Crippen LogP contribution in [-0.4, -0.2) is 14.2 Å². The minimum absolute atomic E-state index is 0.0402. The van der Waals surface area contributed by atoms with Gasteiger partial charge in [0.05, 0.1) is 0 Å². The van der Waals surface area contributed by atoms with Gasteiger partial charge in [0.25, 0.3) is 0 Å². The standard InChI is InChI=1S/C13H18O3S/c1-5-10-17(14,15)16-12-8-6-11(7-9-12)13(2,3)4/h5-9H,1,10H2,2-4H3. The van der Waals surface area contributed by atoms with Crippen LogP contribution in [0, 0.1) is 0 Å². The molecule has 0 saturated carbocycles. The van der Waals surface area contributed by atoms with E-state index in [9.17, 15) is 8.42 Å². The maximum Gasteiger partial charge on any atom is 0.312 e. The van der Waals surface area contributed by atoms with Crippen LogP contribution >= 0.6 is 0 Å². The second-order valence-corrected chi connectivity index (χ2v) is 6.49. The molecule has 0 saturated heterocycles. The minimum atomic E-state index is -3.55. The van der Waals surface area contributed by atoms with Gasteiger partial charge in [0.1, 0.15) is 11.5 Å². The summed E-state index contributed by atoms with van der Waals surface area (Å²) in [5.74, 6) is 0.147. The van der Waals surface area contributed by atoms with Crippen LogP contribution in [0.5, 0.6) is 5.75 Å². The van der Waals surface area contributed by atoms with Gasteiger partial charge >= 0.3 is 10.1 Å². The van der Waals surface area contributed by atoms with E-state index in [2.05, 4.69) is 27.4 Å². The first-order valence-electron chi connectivity index (χ1n) is 5.38. The lowest BCUT2D eigenvalue weighted by Gasteiger charge is -2.19. The molecule has 1 aromatic carbocycles. The molecule has 0 heterocycles. The second-order valence-electron chi connectivity index (χ2n) is 4.87. The topological polar surface area (TPSA) is 43.4 Å². The lowest BCUT2D eigenvalue weighted by Crippen LogP contribution is -2.13. The van der Waals surface area contributed by atoms with Gasteiger partial charge in [-0.05, 0) is 23.1 Å². The van der Waals surface area contributed by atoms with Gasteiger partial charge in [0, 0.05) is 0 Å². The average molecular weight is 254 g/mol. The predicted octanol–water partition coefficient (Wildman–Crippen LogP) is 2.88. The molecule has 0 aromatic heterocycles. The van der Waals surface area contributed by atoms with E-state index in [1.165, 1.54) is 6.08 Å². The first kappa shape index (κ1) is 13.8. The summed E-state index contributed by atoms with van der Waals surface area (Å²) in [5.41, 5.74) is 1.17. The van der Waals surface area contributed by atoms with Crippen LogP contribution in [0.25, 0.3) is 0 Å². The Hall–Kier alpha value is -1.29. The number of rotatable bonds is 4. The third kappa shape index (κ3) is 4.23. The molecule has 0 bridgehead atoms. The van der Waals surface area contributed by atoms with E-state index in [1.807, 2.05) is 12.1 Å². The van der Waals surface area contributed by atoms with Crippen molar-refractivity contribution in [2.45, 2.75) is 26.2 Å². The molecule has 0 N–H and O–H groups in total. The van der Waals surface area contributed by atoms with E-state index in [4.69, 9.17) is 4.18 Å². The zero-order valence-corrected chi connectivity index (χ0v) is 11.3. The first-order chi connectivity index (χ1) is 7.74. The molecule has 0 amide bonds. The SMILES string of the molecule is C=CCS(=O)(=O)Oc1ccc(C(C)(C)C)cc1. The van der Waals surface area contributed by atoms with Crippen molar-refractivity contribution in [1.29, 1.82) is 0 Å². The van der Waals surface area contributed by atoms with Crippen molar-refractivity contribution < 1.29 is 12.6 Å². The van der Waals surface area contributed by atoms with Crippen molar-refractivity contribution in [2.24, 2.45) is 0 Å². The average Bonchev–Trinajstić information content (AvgIpc) is 2.16. The summed E-state index contributed by atoms with van der Waals surface area (Å²) < 4.78 is 27.7. The zero-order valence-electron chi connectivity index (χ0n) is 10.4. The monoisotopic (exact) mass is 254 g/mol. The van der Waals surface area contributed by atoms with Crippen molar-refractivity contribution >= 4 is 10.1 Å². The van der Waals surface area contributed by atoms with Gasteiger partial charge in [-0.1, -0.05) is 39.0 Å². The summed E-state index contributed by atoms with van der Waals surface area (Å²) in [7, 11) is -3.55. The minimum Gasteiger partial charge on any atom is -0.382 e. The van der Waals surface area contributed by atoms with E-state index in [1.54, 1.807) is 12.1 Å². The van der Waals surface area contributed by atoms with Crippen LogP contribution < -0.4 is 4.18 Å².